The summed E-state index contributed by atoms with van der Waals surface area (Å²) >= 11 is 0. The minimum atomic E-state index is -0.963. The third-order valence-corrected chi connectivity index (χ3v) is 6.99. The van der Waals surface area contributed by atoms with Crippen molar-refractivity contribution in [1.29, 1.82) is 5.26 Å². The summed E-state index contributed by atoms with van der Waals surface area (Å²) in [5.74, 6) is -0.525. The molecule has 3 heterocycles. The van der Waals surface area contributed by atoms with Crippen molar-refractivity contribution in [2.75, 3.05) is 5.32 Å². The average Bonchev–Trinajstić information content (AvgIpc) is 3.32. The molecule has 0 saturated carbocycles. The fourth-order valence-corrected chi connectivity index (χ4v) is 5.17. The normalized spacial score (nSPS) is 21.9. The molecule has 10 heteroatoms. The molecule has 4 N–H and O–H groups in total. The van der Waals surface area contributed by atoms with Gasteiger partial charge >= 0.3 is 5.97 Å². The van der Waals surface area contributed by atoms with Crippen LogP contribution in [-0.2, 0) is 0 Å². The highest BCUT2D eigenvalue weighted by Crippen LogP contribution is 2.33. The van der Waals surface area contributed by atoms with Crippen molar-refractivity contribution < 1.29 is 9.90 Å². The van der Waals surface area contributed by atoms with Gasteiger partial charge in [-0.1, -0.05) is 12.1 Å². The van der Waals surface area contributed by atoms with Gasteiger partial charge in [0.25, 0.3) is 0 Å². The molecule has 1 aliphatic heterocycles. The number of nitrogens with two attached hydrogens (primary N) is 1. The molecule has 1 aromatic carbocycles. The molecule has 10 nitrogen and oxygen atoms in total. The Morgan fingerprint density at radius 1 is 1.22 bits per heavy atom. The Balaban J connectivity index is 1.47. The van der Waals surface area contributed by atoms with Gasteiger partial charge in [0.15, 0.2) is 0 Å². The summed E-state index contributed by atoms with van der Waals surface area (Å²) in [6, 6.07) is 9.05. The predicted octanol–water partition coefficient (Wildman–Crippen LogP) is 3.74. The second kappa shape index (κ2) is 10.4. The van der Waals surface area contributed by atoms with Crippen LogP contribution < -0.4 is 11.1 Å². The number of nitrogens with one attached hydrogen (secondary N) is 1. The van der Waals surface area contributed by atoms with Crippen LogP contribution in [0.1, 0.15) is 55.6 Å². The average molecular weight is 489 g/mol. The number of carboxylic acid groups (broad SMARTS) is 1. The molecule has 4 rings (SSSR count). The molecule has 0 aliphatic carbocycles. The first-order valence-corrected chi connectivity index (χ1v) is 12.1. The van der Waals surface area contributed by atoms with Gasteiger partial charge in [0.2, 0.25) is 5.95 Å². The molecule has 1 saturated heterocycles. The number of anilines is 2. The maximum Gasteiger partial charge on any atom is 0.335 e. The Labute approximate surface area is 210 Å². The molecule has 1 aliphatic rings. The van der Waals surface area contributed by atoms with Crippen molar-refractivity contribution in [2.24, 2.45) is 5.73 Å². The summed E-state index contributed by atoms with van der Waals surface area (Å²) in [7, 11) is 0. The molecule has 2 aromatic heterocycles. The summed E-state index contributed by atoms with van der Waals surface area (Å²) in [4.78, 5) is 22.6. The highest BCUT2D eigenvalue weighted by molar-refractivity contribution is 5.88. The lowest BCUT2D eigenvalue weighted by molar-refractivity contribution is 0.0324. The number of nitrogens with zero attached hydrogens (tertiary/aromatic N) is 6. The number of piperidine rings is 1. The van der Waals surface area contributed by atoms with Gasteiger partial charge in [-0.2, -0.15) is 10.4 Å². The van der Waals surface area contributed by atoms with E-state index in [4.69, 9.17) is 10.8 Å². The van der Waals surface area contributed by atoms with Gasteiger partial charge in [0.05, 0.1) is 35.3 Å². The van der Waals surface area contributed by atoms with Gasteiger partial charge in [0.1, 0.15) is 6.04 Å². The summed E-state index contributed by atoms with van der Waals surface area (Å²) in [6.07, 6.45) is 7.29. The number of carboxylic acids is 1. The van der Waals surface area contributed by atoms with E-state index in [0.29, 0.717) is 5.95 Å². The Morgan fingerprint density at radius 3 is 2.50 bits per heavy atom. The molecule has 36 heavy (non-hydrogen) atoms. The lowest BCUT2D eigenvalue weighted by Gasteiger charge is -2.46. The molecule has 1 unspecified atom stereocenters. The van der Waals surface area contributed by atoms with Crippen LogP contribution in [0.4, 0.5) is 11.6 Å². The number of likely N-dealkylation sites (tertiary alicyclic amines) is 1. The summed E-state index contributed by atoms with van der Waals surface area (Å²) in [5, 5.41) is 26.2. The van der Waals surface area contributed by atoms with Crippen LogP contribution in [0.25, 0.3) is 11.3 Å². The van der Waals surface area contributed by atoms with Crippen molar-refractivity contribution in [3.8, 4) is 17.3 Å². The summed E-state index contributed by atoms with van der Waals surface area (Å²) in [5.41, 5.74) is 9.46. The number of hydrogen-bond acceptors (Lipinski definition) is 8. The number of hydrogen-bond donors (Lipinski definition) is 3. The summed E-state index contributed by atoms with van der Waals surface area (Å²) < 4.78 is 1.99. The van der Waals surface area contributed by atoms with Crippen LogP contribution in [0.15, 0.2) is 42.9 Å². The largest absolute Gasteiger partial charge is 0.478 e. The van der Waals surface area contributed by atoms with Gasteiger partial charge in [-0.25, -0.2) is 14.8 Å². The highest BCUT2D eigenvalue weighted by Gasteiger charge is 2.36. The standard InChI is InChI=1S/C26H32N8O2/c1-15-12-29-26(32-24(15)19-5-7-20(8-6-19)25(35)36)31-21-13-30-33(14-21)22-9-16(2)34(17(3)10-22)18(4)23(28)11-27/h5-8,12-14,16-18,22-23H,9-10,28H2,1-4H3,(H,35,36)(H,29,31,32)/t16-,17+,18?,22+,23-/m1/s1. The van der Waals surface area contributed by atoms with Crippen LogP contribution in [0, 0.1) is 18.3 Å². The Hall–Kier alpha value is -3.81. The van der Waals surface area contributed by atoms with Gasteiger partial charge in [0, 0.05) is 36.1 Å². The second-order valence-corrected chi connectivity index (χ2v) is 9.61. The molecule has 0 radical (unpaired) electrons. The van der Waals surface area contributed by atoms with Crippen molar-refractivity contribution >= 4 is 17.6 Å². The van der Waals surface area contributed by atoms with Crippen LogP contribution >= 0.6 is 0 Å². The van der Waals surface area contributed by atoms with E-state index in [2.05, 4.69) is 45.2 Å². The number of rotatable bonds is 7. The minimum Gasteiger partial charge on any atom is -0.478 e. The van der Waals surface area contributed by atoms with E-state index in [0.717, 1.165) is 35.3 Å². The van der Waals surface area contributed by atoms with E-state index in [1.165, 1.54) is 0 Å². The van der Waals surface area contributed by atoms with E-state index < -0.39 is 12.0 Å². The Kier molecular flexibility index (Phi) is 7.33. The smallest absolute Gasteiger partial charge is 0.335 e. The molecule has 0 spiro atoms. The number of aromatic carboxylic acids is 1. The minimum absolute atomic E-state index is 0.0102. The van der Waals surface area contributed by atoms with Crippen molar-refractivity contribution in [3.05, 3.63) is 54.0 Å². The van der Waals surface area contributed by atoms with E-state index in [1.54, 1.807) is 36.7 Å². The van der Waals surface area contributed by atoms with E-state index in [9.17, 15) is 10.1 Å². The zero-order valence-corrected chi connectivity index (χ0v) is 21.0. The predicted molar refractivity (Wildman–Crippen MR) is 137 cm³/mol. The topological polar surface area (TPSA) is 146 Å². The first-order chi connectivity index (χ1) is 17.2. The zero-order chi connectivity index (χ0) is 26.0. The highest BCUT2D eigenvalue weighted by atomic mass is 16.4. The van der Waals surface area contributed by atoms with Gasteiger partial charge in [-0.3, -0.25) is 9.58 Å². The van der Waals surface area contributed by atoms with Crippen LogP contribution in [0.2, 0.25) is 0 Å². The Bertz CT molecular complexity index is 1250. The lowest BCUT2D eigenvalue weighted by atomic mass is 9.90. The van der Waals surface area contributed by atoms with Gasteiger partial charge in [-0.15, -0.1) is 0 Å². The fraction of sp³-hybridized carbons (Fsp3) is 0.423. The number of benzene rings is 1. The SMILES string of the molecule is Cc1cnc(Nc2cnn([C@H]3C[C@@H](C)N(C(C)[C@H](N)C#N)[C@@H](C)C3)c2)nc1-c1ccc(C(=O)O)cc1. The van der Waals surface area contributed by atoms with Crippen LogP contribution in [0.3, 0.4) is 0 Å². The van der Waals surface area contributed by atoms with Crippen molar-refractivity contribution in [3.63, 3.8) is 0 Å². The van der Waals surface area contributed by atoms with E-state index in [-0.39, 0.29) is 29.7 Å². The lowest BCUT2D eigenvalue weighted by Crippen LogP contribution is -2.56. The maximum atomic E-state index is 11.1. The van der Waals surface area contributed by atoms with Crippen LogP contribution in [0.5, 0.6) is 0 Å². The Morgan fingerprint density at radius 2 is 1.89 bits per heavy atom. The molecule has 3 aromatic rings. The molecular weight excluding hydrogens is 456 g/mol. The first-order valence-electron chi connectivity index (χ1n) is 12.1. The molecule has 1 fully saturated rings. The third kappa shape index (κ3) is 5.22. The molecule has 5 atom stereocenters. The molecule has 0 bridgehead atoms. The number of carbonyl (C=O) groups is 1. The fourth-order valence-electron chi connectivity index (χ4n) is 5.17. The van der Waals surface area contributed by atoms with Gasteiger partial charge in [-0.05, 0) is 58.2 Å². The van der Waals surface area contributed by atoms with E-state index >= 15 is 0 Å². The van der Waals surface area contributed by atoms with Crippen LogP contribution in [-0.4, -0.2) is 59.9 Å². The number of aromatic nitrogens is 4. The number of aryl methyl sites for hydroxylation is 1. The van der Waals surface area contributed by atoms with Crippen molar-refractivity contribution in [2.45, 2.75) is 70.7 Å². The van der Waals surface area contributed by atoms with Gasteiger partial charge < -0.3 is 16.2 Å². The molecule has 0 amide bonds. The first kappa shape index (κ1) is 25.3. The monoisotopic (exact) mass is 488 g/mol. The second-order valence-electron chi connectivity index (χ2n) is 9.61. The summed E-state index contributed by atoms with van der Waals surface area (Å²) in [6.45, 7) is 8.29. The third-order valence-electron chi connectivity index (χ3n) is 6.99. The zero-order valence-electron chi connectivity index (χ0n) is 21.0. The molecular formula is C26H32N8O2. The number of nitriles is 1. The maximum absolute atomic E-state index is 11.1. The quantitative estimate of drug-likeness (QED) is 0.452. The molecule has 188 valence electrons. The van der Waals surface area contributed by atoms with Crippen molar-refractivity contribution in [1.82, 2.24) is 24.6 Å². The van der Waals surface area contributed by atoms with E-state index in [1.807, 2.05) is 24.7 Å².